The maximum atomic E-state index is 14.2. The summed E-state index contributed by atoms with van der Waals surface area (Å²) < 4.78 is 5.33. The first-order valence-electron chi connectivity index (χ1n) is 13.2. The second-order valence-electron chi connectivity index (χ2n) is 11.1. The van der Waals surface area contributed by atoms with E-state index in [2.05, 4.69) is 16.6 Å². The number of terminal acetylenes is 1. The van der Waals surface area contributed by atoms with Gasteiger partial charge in [0.1, 0.15) is 17.7 Å². The Morgan fingerprint density at radius 2 is 1.60 bits per heavy atom. The summed E-state index contributed by atoms with van der Waals surface area (Å²) in [7, 11) is 0. The van der Waals surface area contributed by atoms with Gasteiger partial charge in [0.15, 0.2) is 0 Å². The monoisotopic (exact) mass is 548 g/mol. The molecule has 2 aromatic rings. The van der Waals surface area contributed by atoms with E-state index in [9.17, 15) is 19.2 Å². The van der Waals surface area contributed by atoms with E-state index >= 15 is 0 Å². The van der Waals surface area contributed by atoms with Crippen molar-refractivity contribution in [1.82, 2.24) is 15.5 Å². The van der Waals surface area contributed by atoms with Gasteiger partial charge in [0.05, 0.1) is 6.42 Å². The number of ether oxygens (including phenoxy) is 1. The highest BCUT2D eigenvalue weighted by Crippen LogP contribution is 2.32. The number of alkyl carbamates (subject to hydrolysis) is 1. The van der Waals surface area contributed by atoms with Crippen LogP contribution in [0.15, 0.2) is 54.6 Å². The summed E-state index contributed by atoms with van der Waals surface area (Å²) in [6.45, 7) is 10.8. The third kappa shape index (κ3) is 9.16. The molecule has 0 radical (unpaired) electrons. The van der Waals surface area contributed by atoms with Gasteiger partial charge >= 0.3 is 6.09 Å². The summed E-state index contributed by atoms with van der Waals surface area (Å²) in [6.07, 6.45) is 4.62. The van der Waals surface area contributed by atoms with E-state index in [-0.39, 0.29) is 6.54 Å². The summed E-state index contributed by atoms with van der Waals surface area (Å²) in [5.41, 5.74) is 5.73. The molecule has 4 amide bonds. The Labute approximate surface area is 236 Å². The molecule has 0 aromatic heterocycles. The molecule has 40 heavy (non-hydrogen) atoms. The topological polar surface area (TPSA) is 131 Å². The third-order valence-corrected chi connectivity index (χ3v) is 6.36. The van der Waals surface area contributed by atoms with E-state index in [0.29, 0.717) is 17.5 Å². The first-order chi connectivity index (χ1) is 18.7. The molecule has 9 heteroatoms. The van der Waals surface area contributed by atoms with Gasteiger partial charge in [0.25, 0.3) is 0 Å². The van der Waals surface area contributed by atoms with Crippen molar-refractivity contribution in [1.29, 1.82) is 0 Å². The van der Waals surface area contributed by atoms with Crippen molar-refractivity contribution in [2.75, 3.05) is 0 Å². The molecule has 2 aromatic carbocycles. The lowest BCUT2D eigenvalue weighted by Crippen LogP contribution is -2.59. The van der Waals surface area contributed by atoms with Crippen molar-refractivity contribution in [2.24, 2.45) is 5.73 Å². The average molecular weight is 549 g/mol. The van der Waals surface area contributed by atoms with Crippen LogP contribution in [0.3, 0.4) is 0 Å². The summed E-state index contributed by atoms with van der Waals surface area (Å²) in [5, 5.41) is 5.42. The van der Waals surface area contributed by atoms with Crippen LogP contribution < -0.4 is 16.4 Å². The molecule has 0 spiro atoms. The van der Waals surface area contributed by atoms with E-state index < -0.39 is 53.5 Å². The van der Waals surface area contributed by atoms with Crippen molar-refractivity contribution < 1.29 is 23.9 Å². The quantitative estimate of drug-likeness (QED) is 0.368. The largest absolute Gasteiger partial charge is 0.444 e. The second kappa shape index (κ2) is 13.7. The van der Waals surface area contributed by atoms with E-state index in [1.165, 1.54) is 4.90 Å². The normalized spacial score (nSPS) is 12.8. The van der Waals surface area contributed by atoms with Gasteiger partial charge in [-0.25, -0.2) is 4.79 Å². The van der Waals surface area contributed by atoms with Crippen LogP contribution >= 0.6 is 0 Å². The molecule has 0 aliphatic rings. The number of nitrogens with two attached hydrogens (primary N) is 1. The fourth-order valence-electron chi connectivity index (χ4n) is 4.03. The zero-order valence-corrected chi connectivity index (χ0v) is 24.1. The van der Waals surface area contributed by atoms with Gasteiger partial charge in [-0.05, 0) is 64.3 Å². The number of primary amides is 1. The standard InChI is InChI=1S/C31H40N4O5/c1-8-21-15-17-23(18-16-21)26(27(37)33-20-22-13-11-10-12-14-22)35(31(6,7)9-2)28(38)24(19-25(32)36)34-29(39)40-30(3,4)5/h1,10-18,24,26H,9,19-20H2,2-7H3,(H2,32,36)(H,33,37)(H,34,39). The van der Waals surface area contributed by atoms with Crippen LogP contribution in [0.2, 0.25) is 0 Å². The fourth-order valence-corrected chi connectivity index (χ4v) is 4.03. The highest BCUT2D eigenvalue weighted by atomic mass is 16.6. The van der Waals surface area contributed by atoms with Crippen molar-refractivity contribution in [2.45, 2.75) is 84.2 Å². The molecule has 0 heterocycles. The van der Waals surface area contributed by atoms with Crippen molar-refractivity contribution in [3.8, 4) is 12.3 Å². The van der Waals surface area contributed by atoms with E-state index in [4.69, 9.17) is 16.9 Å². The Kier molecular flexibility index (Phi) is 10.9. The Morgan fingerprint density at radius 1 is 1.00 bits per heavy atom. The van der Waals surface area contributed by atoms with Gasteiger partial charge in [0, 0.05) is 17.6 Å². The molecule has 0 saturated carbocycles. The third-order valence-electron chi connectivity index (χ3n) is 6.36. The van der Waals surface area contributed by atoms with Crippen molar-refractivity contribution in [3.63, 3.8) is 0 Å². The molecule has 214 valence electrons. The van der Waals surface area contributed by atoms with Crippen molar-refractivity contribution in [3.05, 3.63) is 71.3 Å². The van der Waals surface area contributed by atoms with Crippen LogP contribution in [0.4, 0.5) is 4.79 Å². The molecule has 0 aliphatic heterocycles. The zero-order valence-electron chi connectivity index (χ0n) is 24.1. The Balaban J connectivity index is 2.59. The van der Waals surface area contributed by atoms with Gasteiger partial charge in [0.2, 0.25) is 17.7 Å². The van der Waals surface area contributed by atoms with Crippen LogP contribution in [-0.4, -0.2) is 45.9 Å². The minimum Gasteiger partial charge on any atom is -0.444 e. The molecule has 2 unspecified atom stereocenters. The number of hydrogen-bond acceptors (Lipinski definition) is 5. The number of rotatable bonds is 11. The van der Waals surface area contributed by atoms with Crippen LogP contribution in [0.25, 0.3) is 0 Å². The van der Waals surface area contributed by atoms with Gasteiger partial charge in [-0.3, -0.25) is 14.4 Å². The molecule has 9 nitrogen and oxygen atoms in total. The summed E-state index contributed by atoms with van der Waals surface area (Å²) in [6, 6.07) is 13.6. The smallest absolute Gasteiger partial charge is 0.408 e. The number of nitrogens with one attached hydrogen (secondary N) is 2. The predicted molar refractivity (Wildman–Crippen MR) is 154 cm³/mol. The Bertz CT molecular complexity index is 1230. The summed E-state index contributed by atoms with van der Waals surface area (Å²) in [4.78, 5) is 54.2. The van der Waals surface area contributed by atoms with Crippen molar-refractivity contribution >= 4 is 23.8 Å². The highest BCUT2D eigenvalue weighted by Gasteiger charge is 2.43. The number of benzene rings is 2. The number of carbonyl (C=O) groups is 4. The molecule has 4 N–H and O–H groups in total. The number of hydrogen-bond donors (Lipinski definition) is 3. The first-order valence-corrected chi connectivity index (χ1v) is 13.2. The average Bonchev–Trinajstić information content (AvgIpc) is 2.88. The van der Waals surface area contributed by atoms with E-state index in [0.717, 1.165) is 5.56 Å². The summed E-state index contributed by atoms with van der Waals surface area (Å²) >= 11 is 0. The van der Waals surface area contributed by atoms with Crippen LogP contribution in [0, 0.1) is 12.3 Å². The Hall–Kier alpha value is -4.32. The lowest BCUT2D eigenvalue weighted by molar-refractivity contribution is -0.150. The lowest BCUT2D eigenvalue weighted by atomic mass is 9.91. The van der Waals surface area contributed by atoms with Crippen LogP contribution in [-0.2, 0) is 25.7 Å². The number of amides is 4. The number of carbonyl (C=O) groups excluding carboxylic acids is 4. The van der Waals surface area contributed by atoms with Gasteiger partial charge < -0.3 is 26.0 Å². The Morgan fingerprint density at radius 3 is 2.10 bits per heavy atom. The lowest BCUT2D eigenvalue weighted by Gasteiger charge is -2.44. The maximum Gasteiger partial charge on any atom is 0.408 e. The summed E-state index contributed by atoms with van der Waals surface area (Å²) in [5.74, 6) is 0.652. The molecule has 0 fully saturated rings. The molecule has 0 bridgehead atoms. The zero-order chi connectivity index (χ0) is 30.1. The minimum absolute atomic E-state index is 0.230. The number of nitrogens with zero attached hydrogens (tertiary/aromatic N) is 1. The SMILES string of the molecule is C#Cc1ccc(C(C(=O)NCc2ccccc2)N(C(=O)C(CC(N)=O)NC(=O)OC(C)(C)C)C(C)(C)CC)cc1. The van der Waals surface area contributed by atoms with E-state index in [1.807, 2.05) is 51.1 Å². The van der Waals surface area contributed by atoms with Gasteiger partial charge in [-0.15, -0.1) is 6.42 Å². The molecule has 2 rings (SSSR count). The van der Waals surface area contributed by atoms with Gasteiger partial charge in [-0.2, -0.15) is 0 Å². The van der Waals surface area contributed by atoms with Crippen LogP contribution in [0.5, 0.6) is 0 Å². The first kappa shape index (κ1) is 31.9. The fraction of sp³-hybridized carbons (Fsp3) is 0.419. The molecule has 2 atom stereocenters. The highest BCUT2D eigenvalue weighted by molar-refractivity contribution is 5.95. The second-order valence-corrected chi connectivity index (χ2v) is 11.1. The minimum atomic E-state index is -1.37. The molecular formula is C31H40N4O5. The molecular weight excluding hydrogens is 508 g/mol. The molecule has 0 saturated heterocycles. The maximum absolute atomic E-state index is 14.2. The van der Waals surface area contributed by atoms with E-state index in [1.54, 1.807) is 45.0 Å². The van der Waals surface area contributed by atoms with Gasteiger partial charge in [-0.1, -0.05) is 55.3 Å². The predicted octanol–water partition coefficient (Wildman–Crippen LogP) is 3.81. The molecule has 0 aliphatic carbocycles. The van der Waals surface area contributed by atoms with Crippen LogP contribution in [0.1, 0.15) is 77.1 Å².